The van der Waals surface area contributed by atoms with Gasteiger partial charge in [-0.05, 0) is 223 Å². The molecule has 4 aromatic rings. The number of carbonyl (C=O) groups excluding carboxylic acids is 2. The monoisotopic (exact) mass is 1310 g/mol. The lowest BCUT2D eigenvalue weighted by molar-refractivity contribution is -0.136. The summed E-state index contributed by atoms with van der Waals surface area (Å²) in [4.78, 5) is 31.6. The number of ether oxygens (including phenoxy) is 4. The number of fused-ring (bicyclic) bond motifs is 8. The molecular weight excluding hydrogens is 1220 g/mol. The summed E-state index contributed by atoms with van der Waals surface area (Å²) in [5, 5.41) is 22.1. The average molecular weight is 1310 g/mol. The SMILES string of the molecule is CO[C@@]1([C@@H](C)O)/C=C/C[C@H](C)[C@@H](C)S(=O)(=O)NC(=O)c2ccc3c(c2)N(C[C@@H]2CC[C@H]21)C[C@@]1(CCCc2cc(Cl)ccc21)CO3.CO[C@@]1([C@H](C)O)/C=C/C[C@H](C)[C@@H](C)S(=O)(=O)NC(=O)c2ccc3c(c2)N(C[C@@H]2CC[C@H]21)C[C@@]1(CCCc2cc(Cl)ccc21)CO3. The molecule has 12 rings (SSSR count). The molecule has 4 aliphatic carbocycles. The van der Waals surface area contributed by atoms with E-state index in [1.165, 1.54) is 22.3 Å². The fourth-order valence-electron chi connectivity index (χ4n) is 16.3. The Morgan fingerprint density at radius 1 is 0.589 bits per heavy atom. The van der Waals surface area contributed by atoms with E-state index in [0.29, 0.717) is 63.7 Å². The van der Waals surface area contributed by atoms with Crippen LogP contribution in [0.1, 0.15) is 149 Å². The number of hydrogen-bond acceptors (Lipinski definition) is 14. The van der Waals surface area contributed by atoms with Gasteiger partial charge in [0.25, 0.3) is 11.8 Å². The Morgan fingerprint density at radius 2 is 0.989 bits per heavy atom. The van der Waals surface area contributed by atoms with Crippen molar-refractivity contribution in [2.45, 2.75) is 163 Å². The largest absolute Gasteiger partial charge is 0.490 e. The van der Waals surface area contributed by atoms with E-state index in [9.17, 15) is 36.6 Å². The number of nitrogens with one attached hydrogen (secondary N) is 2. The molecule has 90 heavy (non-hydrogen) atoms. The number of amides is 2. The number of benzene rings is 4. The Hall–Kier alpha value is -5.18. The van der Waals surface area contributed by atoms with Gasteiger partial charge in [0.2, 0.25) is 20.0 Å². The molecule has 14 atom stereocenters. The summed E-state index contributed by atoms with van der Waals surface area (Å²) < 4.78 is 83.5. The zero-order valence-corrected chi connectivity index (χ0v) is 56.3. The molecule has 4 N–H and O–H groups in total. The number of carbonyl (C=O) groups is 2. The highest BCUT2D eigenvalue weighted by atomic mass is 35.5. The van der Waals surface area contributed by atoms with Crippen LogP contribution in [0.2, 0.25) is 10.0 Å². The van der Waals surface area contributed by atoms with Crippen molar-refractivity contribution in [3.63, 3.8) is 0 Å². The predicted octanol–water partition coefficient (Wildman–Crippen LogP) is 11.3. The normalized spacial score (nSPS) is 34.3. The standard InChI is InChI=1S/2C35H45ClN2O6S/c2*1-22-7-5-16-35(43-4,24(3)39)30-12-9-27(30)19-38-20-34(15-6-8-25-17-28(36)11-13-29(25)34)21-44-32-14-10-26(18-31(32)38)33(40)37-45(41,42)23(22)2/h2*5,10-11,13-14,16-18,22-24,27,30,39H,6-9,12,15,19-21H2,1-4H3,(H,37,40)/b2*16-5+/t22-,23+,24+,27-,30+,34-,35+;22-,23+,24-,27-,30+,34-,35+/m00/s1. The molecule has 16 nitrogen and oxygen atoms in total. The van der Waals surface area contributed by atoms with E-state index in [1.807, 2.05) is 50.3 Å². The Labute approximate surface area is 542 Å². The summed E-state index contributed by atoms with van der Waals surface area (Å²) in [5.74, 6) is 0.00674. The number of allylic oxidation sites excluding steroid dienone is 2. The summed E-state index contributed by atoms with van der Waals surface area (Å²) in [6, 6.07) is 22.7. The zero-order chi connectivity index (χ0) is 64.3. The number of nitrogens with zero attached hydrogens (tertiary/aromatic N) is 2. The second kappa shape index (κ2) is 26.0. The second-order valence-electron chi connectivity index (χ2n) is 27.5. The summed E-state index contributed by atoms with van der Waals surface area (Å²) in [7, 11) is -4.63. The van der Waals surface area contributed by atoms with Crippen molar-refractivity contribution in [3.05, 3.63) is 141 Å². The van der Waals surface area contributed by atoms with Gasteiger partial charge in [0.05, 0.1) is 47.3 Å². The molecule has 0 saturated heterocycles. The Kier molecular flexibility index (Phi) is 19.1. The maximum absolute atomic E-state index is 13.4. The van der Waals surface area contributed by atoms with E-state index in [2.05, 4.69) is 43.5 Å². The molecule has 2 saturated carbocycles. The molecule has 4 bridgehead atoms. The van der Waals surface area contributed by atoms with E-state index in [4.69, 9.17) is 42.1 Å². The third kappa shape index (κ3) is 12.5. The first kappa shape index (κ1) is 66.3. The lowest BCUT2D eigenvalue weighted by atomic mass is 9.62. The van der Waals surface area contributed by atoms with Gasteiger partial charge in [0.15, 0.2) is 0 Å². The summed E-state index contributed by atoms with van der Waals surface area (Å²) in [5.41, 5.74) is 4.64. The van der Waals surface area contributed by atoms with Crippen molar-refractivity contribution >= 4 is 66.4 Å². The molecule has 4 heterocycles. The lowest BCUT2D eigenvalue weighted by Gasteiger charge is -2.51. The maximum atomic E-state index is 13.4. The van der Waals surface area contributed by atoms with E-state index in [0.717, 1.165) is 85.6 Å². The van der Waals surface area contributed by atoms with E-state index < -0.39 is 65.8 Å². The molecule has 20 heteroatoms. The van der Waals surface area contributed by atoms with Crippen LogP contribution >= 0.6 is 23.2 Å². The molecular formula is C70H90Cl2N4O12S2. The van der Waals surface area contributed by atoms with Gasteiger partial charge in [-0.1, -0.05) is 73.5 Å². The van der Waals surface area contributed by atoms with Gasteiger partial charge >= 0.3 is 0 Å². The number of sulfonamides is 2. The van der Waals surface area contributed by atoms with Gasteiger partial charge in [-0.3, -0.25) is 9.59 Å². The minimum atomic E-state index is -3.97. The van der Waals surface area contributed by atoms with Crippen molar-refractivity contribution in [2.24, 2.45) is 35.5 Å². The summed E-state index contributed by atoms with van der Waals surface area (Å²) in [6.07, 6.45) is 16.8. The van der Waals surface area contributed by atoms with Gasteiger partial charge in [-0.25, -0.2) is 26.3 Å². The van der Waals surface area contributed by atoms with Crippen molar-refractivity contribution < 1.29 is 55.6 Å². The van der Waals surface area contributed by atoms with Crippen LogP contribution in [0.4, 0.5) is 11.4 Å². The number of aliphatic hydroxyl groups excluding tert-OH is 2. The van der Waals surface area contributed by atoms with E-state index >= 15 is 0 Å². The molecule has 2 spiro atoms. The smallest absolute Gasteiger partial charge is 0.264 e. The van der Waals surface area contributed by atoms with Gasteiger partial charge in [-0.2, -0.15) is 0 Å². The molecule has 0 unspecified atom stereocenters. The summed E-state index contributed by atoms with van der Waals surface area (Å²) in [6.45, 7) is 14.1. The third-order valence-corrected chi connectivity index (χ3v) is 26.6. The van der Waals surface area contributed by atoms with Crippen molar-refractivity contribution in [3.8, 4) is 11.5 Å². The first-order chi connectivity index (χ1) is 42.8. The van der Waals surface area contributed by atoms with Crippen LogP contribution in [-0.4, -0.2) is 126 Å². The quantitative estimate of drug-likeness (QED) is 0.140. The molecule has 8 aliphatic rings. The maximum Gasteiger partial charge on any atom is 0.264 e. The van der Waals surface area contributed by atoms with Gasteiger partial charge in [0.1, 0.15) is 22.7 Å². The van der Waals surface area contributed by atoms with Crippen LogP contribution in [-0.2, 0) is 53.2 Å². The molecule has 4 aliphatic heterocycles. The number of methoxy groups -OCH3 is 2. The minimum absolute atomic E-state index is 0.0515. The Morgan fingerprint density at radius 3 is 1.34 bits per heavy atom. The highest BCUT2D eigenvalue weighted by Gasteiger charge is 2.53. The van der Waals surface area contributed by atoms with Crippen molar-refractivity contribution in [1.29, 1.82) is 0 Å². The molecule has 0 radical (unpaired) electrons. The van der Waals surface area contributed by atoms with Crippen LogP contribution in [0.25, 0.3) is 0 Å². The van der Waals surface area contributed by atoms with E-state index in [-0.39, 0.29) is 57.5 Å². The van der Waals surface area contributed by atoms with Gasteiger partial charge in [0, 0.05) is 72.4 Å². The highest BCUT2D eigenvalue weighted by Crippen LogP contribution is 2.52. The predicted molar refractivity (Wildman–Crippen MR) is 353 cm³/mol. The summed E-state index contributed by atoms with van der Waals surface area (Å²) >= 11 is 12.8. The number of hydrogen-bond donors (Lipinski definition) is 4. The third-order valence-electron chi connectivity index (χ3n) is 22.3. The number of halogens is 2. The Balaban J connectivity index is 0.000000185. The van der Waals surface area contributed by atoms with Gasteiger partial charge < -0.3 is 39.0 Å². The Bertz CT molecular complexity index is 3420. The minimum Gasteiger partial charge on any atom is -0.490 e. The topological polar surface area (TPSA) is 210 Å². The second-order valence-corrected chi connectivity index (χ2v) is 32.5. The number of aliphatic hydroxyl groups is 2. The molecule has 2 fully saturated rings. The number of anilines is 2. The van der Waals surface area contributed by atoms with Crippen LogP contribution in [0.15, 0.2) is 97.1 Å². The number of rotatable bonds is 4. The van der Waals surface area contributed by atoms with Crippen LogP contribution < -0.4 is 28.7 Å². The van der Waals surface area contributed by atoms with Crippen LogP contribution in [0.3, 0.4) is 0 Å². The first-order valence-corrected chi connectivity index (χ1v) is 36.2. The fraction of sp³-hybridized carbons (Fsp3) is 0.571. The van der Waals surface area contributed by atoms with Crippen molar-refractivity contribution in [1.82, 2.24) is 9.44 Å². The van der Waals surface area contributed by atoms with E-state index in [1.54, 1.807) is 78.3 Å². The average Bonchev–Trinajstić information content (AvgIpc) is 1.34. The lowest BCUT2D eigenvalue weighted by Crippen LogP contribution is -2.57. The molecule has 0 aromatic heterocycles. The molecule has 4 aromatic carbocycles. The number of aryl methyl sites for hydroxylation is 2. The van der Waals surface area contributed by atoms with Crippen molar-refractivity contribution in [2.75, 3.05) is 63.4 Å². The molecule has 488 valence electrons. The fourth-order valence-corrected chi connectivity index (χ4v) is 19.2. The first-order valence-electron chi connectivity index (χ1n) is 32.3. The molecule has 2 amide bonds. The van der Waals surface area contributed by atoms with Crippen LogP contribution in [0.5, 0.6) is 11.5 Å². The van der Waals surface area contributed by atoms with Crippen LogP contribution in [0, 0.1) is 35.5 Å². The van der Waals surface area contributed by atoms with Gasteiger partial charge in [-0.15, -0.1) is 0 Å². The zero-order valence-electron chi connectivity index (χ0n) is 53.2. The highest BCUT2D eigenvalue weighted by molar-refractivity contribution is 7.91.